The Morgan fingerprint density at radius 2 is 1.95 bits per heavy atom. The number of nitrogens with one attached hydrogen (secondary N) is 1. The van der Waals surface area contributed by atoms with E-state index in [9.17, 15) is 9.59 Å². The third-order valence-electron chi connectivity index (χ3n) is 2.92. The first kappa shape index (κ1) is 14.9. The number of carbonyl (C=O) groups excluding carboxylic acids is 1. The van der Waals surface area contributed by atoms with Gasteiger partial charge in [-0.05, 0) is 25.1 Å². The van der Waals surface area contributed by atoms with Gasteiger partial charge in [-0.2, -0.15) is 5.10 Å². The van der Waals surface area contributed by atoms with Crippen LogP contribution in [-0.2, 0) is 11.3 Å². The molecular weight excluding hydrogens is 270 g/mol. The zero-order chi connectivity index (χ0) is 15.2. The molecule has 1 aromatic heterocycles. The molecule has 6 heteroatoms. The molecule has 21 heavy (non-hydrogen) atoms. The molecule has 0 aliphatic rings. The van der Waals surface area contributed by atoms with Gasteiger partial charge in [-0.15, -0.1) is 0 Å². The third-order valence-corrected chi connectivity index (χ3v) is 2.92. The fourth-order valence-corrected chi connectivity index (χ4v) is 1.74. The number of nitrogens with zero attached hydrogens (tertiary/aromatic N) is 2. The number of methoxy groups -OCH3 is 1. The van der Waals surface area contributed by atoms with Gasteiger partial charge in [-0.25, -0.2) is 4.68 Å². The summed E-state index contributed by atoms with van der Waals surface area (Å²) in [5.41, 5.74) is 1.71. The largest absolute Gasteiger partial charge is 0.383 e. The van der Waals surface area contributed by atoms with Gasteiger partial charge in [0.25, 0.3) is 11.5 Å². The van der Waals surface area contributed by atoms with Crippen LogP contribution in [-0.4, -0.2) is 29.4 Å². The number of carbonyl (C=O) groups is 1. The molecule has 0 aliphatic carbocycles. The van der Waals surface area contributed by atoms with Crippen molar-refractivity contribution in [3.8, 4) is 0 Å². The number of amides is 1. The molecule has 110 valence electrons. The van der Waals surface area contributed by atoms with E-state index in [2.05, 4.69) is 10.4 Å². The molecule has 2 rings (SSSR count). The van der Waals surface area contributed by atoms with Crippen molar-refractivity contribution in [2.24, 2.45) is 0 Å². The normalized spacial score (nSPS) is 10.4. The molecule has 0 saturated carbocycles. The molecule has 0 atom stereocenters. The number of aromatic nitrogens is 2. The quantitative estimate of drug-likeness (QED) is 0.903. The van der Waals surface area contributed by atoms with Crippen molar-refractivity contribution >= 4 is 11.6 Å². The molecule has 0 radical (unpaired) electrons. The van der Waals surface area contributed by atoms with Gasteiger partial charge in [0, 0.05) is 18.9 Å². The molecule has 1 N–H and O–H groups in total. The van der Waals surface area contributed by atoms with E-state index < -0.39 is 0 Å². The van der Waals surface area contributed by atoms with Crippen molar-refractivity contribution < 1.29 is 9.53 Å². The molecule has 6 nitrogen and oxygen atoms in total. The number of anilines is 1. The van der Waals surface area contributed by atoms with E-state index in [-0.39, 0.29) is 17.2 Å². The maximum absolute atomic E-state index is 12.1. The lowest BCUT2D eigenvalue weighted by atomic mass is 10.2. The van der Waals surface area contributed by atoms with Crippen molar-refractivity contribution in [2.45, 2.75) is 13.5 Å². The van der Waals surface area contributed by atoms with Crippen LogP contribution in [0.3, 0.4) is 0 Å². The fourth-order valence-electron chi connectivity index (χ4n) is 1.74. The minimum Gasteiger partial charge on any atom is -0.383 e. The van der Waals surface area contributed by atoms with Gasteiger partial charge in [0.15, 0.2) is 0 Å². The maximum atomic E-state index is 12.1. The van der Waals surface area contributed by atoms with Gasteiger partial charge in [-0.3, -0.25) is 9.59 Å². The third kappa shape index (κ3) is 4.00. The van der Waals surface area contributed by atoms with Crippen LogP contribution in [0, 0.1) is 6.92 Å². The van der Waals surface area contributed by atoms with Crippen LogP contribution in [0.4, 0.5) is 5.69 Å². The van der Waals surface area contributed by atoms with Crippen molar-refractivity contribution in [1.82, 2.24) is 9.78 Å². The predicted molar refractivity (Wildman–Crippen MR) is 79.5 cm³/mol. The molecule has 1 aromatic carbocycles. The highest BCUT2D eigenvalue weighted by Gasteiger charge is 2.10. The molecule has 1 heterocycles. The van der Waals surface area contributed by atoms with Gasteiger partial charge in [0.05, 0.1) is 13.2 Å². The Bertz CT molecular complexity index is 677. The second-order valence-corrected chi connectivity index (χ2v) is 4.59. The summed E-state index contributed by atoms with van der Waals surface area (Å²) in [6, 6.07) is 10.2. The zero-order valence-corrected chi connectivity index (χ0v) is 12.0. The van der Waals surface area contributed by atoms with Gasteiger partial charge in [-0.1, -0.05) is 17.7 Å². The van der Waals surface area contributed by atoms with Crippen LogP contribution in [0.1, 0.15) is 16.1 Å². The zero-order valence-electron chi connectivity index (χ0n) is 12.0. The molecule has 0 bridgehead atoms. The van der Waals surface area contributed by atoms with Crippen LogP contribution in [0.15, 0.2) is 41.2 Å². The number of aryl methyl sites for hydroxylation is 1. The molecule has 0 fully saturated rings. The van der Waals surface area contributed by atoms with E-state index in [1.807, 2.05) is 31.2 Å². The number of hydrogen-bond donors (Lipinski definition) is 1. The van der Waals surface area contributed by atoms with Crippen molar-refractivity contribution in [1.29, 1.82) is 0 Å². The standard InChI is InChI=1S/C15H17N3O3/c1-11-3-5-12(6-4-11)16-15(20)13-7-8-14(19)18(17-13)9-10-21-2/h3-8H,9-10H2,1-2H3,(H,16,20). The summed E-state index contributed by atoms with van der Waals surface area (Å²) in [7, 11) is 1.54. The number of benzene rings is 1. The summed E-state index contributed by atoms with van der Waals surface area (Å²) in [5, 5.41) is 6.78. The van der Waals surface area contributed by atoms with E-state index >= 15 is 0 Å². The predicted octanol–water partition coefficient (Wildman–Crippen LogP) is 1.45. The van der Waals surface area contributed by atoms with Crippen molar-refractivity contribution in [3.63, 3.8) is 0 Å². The lowest BCUT2D eigenvalue weighted by molar-refractivity contribution is 0.101. The smallest absolute Gasteiger partial charge is 0.276 e. The lowest BCUT2D eigenvalue weighted by Crippen LogP contribution is -2.27. The number of hydrogen-bond acceptors (Lipinski definition) is 4. The van der Waals surface area contributed by atoms with E-state index in [4.69, 9.17) is 4.74 Å². The molecule has 0 spiro atoms. The average Bonchev–Trinajstić information content (AvgIpc) is 2.48. The summed E-state index contributed by atoms with van der Waals surface area (Å²) in [6.45, 7) is 2.63. The van der Waals surface area contributed by atoms with E-state index in [1.54, 1.807) is 7.11 Å². The molecular formula is C15H17N3O3. The van der Waals surface area contributed by atoms with Crippen LogP contribution >= 0.6 is 0 Å². The van der Waals surface area contributed by atoms with Gasteiger partial charge in [0.1, 0.15) is 5.69 Å². The van der Waals surface area contributed by atoms with E-state index in [0.29, 0.717) is 18.8 Å². The van der Waals surface area contributed by atoms with Gasteiger partial charge < -0.3 is 10.1 Å². The van der Waals surface area contributed by atoms with Crippen LogP contribution in [0.2, 0.25) is 0 Å². The highest BCUT2D eigenvalue weighted by atomic mass is 16.5. The summed E-state index contributed by atoms with van der Waals surface area (Å²) in [4.78, 5) is 23.7. The monoisotopic (exact) mass is 287 g/mol. The second-order valence-electron chi connectivity index (χ2n) is 4.59. The Labute approximate surface area is 122 Å². The van der Waals surface area contributed by atoms with E-state index in [1.165, 1.54) is 16.8 Å². The summed E-state index contributed by atoms with van der Waals surface area (Å²) < 4.78 is 6.12. The Morgan fingerprint density at radius 3 is 2.62 bits per heavy atom. The first-order valence-electron chi connectivity index (χ1n) is 6.55. The topological polar surface area (TPSA) is 73.2 Å². The van der Waals surface area contributed by atoms with E-state index in [0.717, 1.165) is 5.56 Å². The van der Waals surface area contributed by atoms with Gasteiger partial charge >= 0.3 is 0 Å². The Kier molecular flexibility index (Phi) is 4.84. The second kappa shape index (κ2) is 6.81. The fraction of sp³-hybridized carbons (Fsp3) is 0.267. The summed E-state index contributed by atoms with van der Waals surface area (Å²) >= 11 is 0. The van der Waals surface area contributed by atoms with Crippen LogP contribution in [0.5, 0.6) is 0 Å². The number of rotatable bonds is 5. The van der Waals surface area contributed by atoms with Crippen LogP contribution in [0.25, 0.3) is 0 Å². The SMILES string of the molecule is COCCn1nc(C(=O)Nc2ccc(C)cc2)ccc1=O. The first-order chi connectivity index (χ1) is 10.1. The van der Waals surface area contributed by atoms with Crippen LogP contribution < -0.4 is 10.9 Å². The molecule has 1 amide bonds. The minimum atomic E-state index is -0.356. The van der Waals surface area contributed by atoms with Crippen molar-refractivity contribution in [3.05, 3.63) is 58.0 Å². The highest BCUT2D eigenvalue weighted by Crippen LogP contribution is 2.09. The Balaban J connectivity index is 2.15. The summed E-state index contributed by atoms with van der Waals surface area (Å²) in [5.74, 6) is -0.356. The Hall–Kier alpha value is -2.47. The van der Waals surface area contributed by atoms with Crippen molar-refractivity contribution in [2.75, 3.05) is 19.0 Å². The molecule has 0 aliphatic heterocycles. The maximum Gasteiger partial charge on any atom is 0.276 e. The molecule has 0 saturated heterocycles. The molecule has 0 unspecified atom stereocenters. The molecule has 2 aromatic rings. The lowest BCUT2D eigenvalue weighted by Gasteiger charge is -2.07. The Morgan fingerprint density at radius 1 is 1.24 bits per heavy atom. The average molecular weight is 287 g/mol. The highest BCUT2D eigenvalue weighted by molar-refractivity contribution is 6.02. The number of ether oxygens (including phenoxy) is 1. The van der Waals surface area contributed by atoms with Gasteiger partial charge in [0.2, 0.25) is 0 Å². The summed E-state index contributed by atoms with van der Waals surface area (Å²) in [6.07, 6.45) is 0. The first-order valence-corrected chi connectivity index (χ1v) is 6.55. The minimum absolute atomic E-state index is 0.186.